The van der Waals surface area contributed by atoms with E-state index in [9.17, 15) is 0 Å². The summed E-state index contributed by atoms with van der Waals surface area (Å²) < 4.78 is 1.82. The Morgan fingerprint density at radius 1 is 1.27 bits per heavy atom. The summed E-state index contributed by atoms with van der Waals surface area (Å²) in [6.07, 6.45) is 0. The Balaban J connectivity index is 2.20. The van der Waals surface area contributed by atoms with Crippen molar-refractivity contribution in [2.24, 2.45) is 10.7 Å². The second-order valence-electron chi connectivity index (χ2n) is 5.09. The molecule has 6 heteroatoms. The molecule has 22 heavy (non-hydrogen) atoms. The van der Waals surface area contributed by atoms with E-state index in [-0.39, 0.29) is 5.88 Å². The van der Waals surface area contributed by atoms with E-state index in [1.165, 1.54) is 0 Å². The molecule has 0 aliphatic heterocycles. The maximum atomic E-state index is 5.75. The van der Waals surface area contributed by atoms with Gasteiger partial charge in [0.25, 0.3) is 0 Å². The van der Waals surface area contributed by atoms with Crippen LogP contribution < -0.4 is 5.73 Å². The van der Waals surface area contributed by atoms with Gasteiger partial charge in [-0.05, 0) is 38.1 Å². The van der Waals surface area contributed by atoms with Crippen LogP contribution in [0.4, 0.5) is 5.69 Å². The van der Waals surface area contributed by atoms with Gasteiger partial charge in [-0.15, -0.1) is 11.6 Å². The van der Waals surface area contributed by atoms with Crippen molar-refractivity contribution in [2.45, 2.75) is 13.8 Å². The largest absolute Gasteiger partial charge is 0.386 e. The van der Waals surface area contributed by atoms with Gasteiger partial charge in [0.2, 0.25) is 0 Å². The van der Waals surface area contributed by atoms with Crippen molar-refractivity contribution in [2.75, 3.05) is 5.88 Å². The van der Waals surface area contributed by atoms with Gasteiger partial charge in [-0.1, -0.05) is 12.1 Å². The molecule has 0 bridgehead atoms. The highest BCUT2D eigenvalue weighted by Crippen LogP contribution is 2.25. The molecule has 3 rings (SSSR count). The monoisotopic (exact) mass is 313 g/mol. The molecule has 0 saturated carbocycles. The number of aliphatic imine (C=N–C) groups is 1. The lowest BCUT2D eigenvalue weighted by atomic mass is 10.2. The molecule has 112 valence electrons. The van der Waals surface area contributed by atoms with E-state index in [0.717, 1.165) is 28.1 Å². The van der Waals surface area contributed by atoms with Crippen LogP contribution in [-0.4, -0.2) is 26.5 Å². The maximum Gasteiger partial charge on any atom is 0.154 e. The molecule has 0 atom stereocenters. The number of hydrogen-bond donors (Lipinski definition) is 1. The summed E-state index contributed by atoms with van der Waals surface area (Å²) in [4.78, 5) is 9.04. The molecule has 2 aromatic heterocycles. The third-order valence-electron chi connectivity index (χ3n) is 3.31. The zero-order valence-corrected chi connectivity index (χ0v) is 13.2. The van der Waals surface area contributed by atoms with Crippen molar-refractivity contribution >= 4 is 34.0 Å². The molecule has 0 aliphatic carbocycles. The number of alkyl halides is 1. The molecule has 0 amide bonds. The number of aryl methyl sites for hydroxylation is 2. The fraction of sp³-hybridized carbons (Fsp3) is 0.188. The van der Waals surface area contributed by atoms with Gasteiger partial charge in [-0.2, -0.15) is 5.10 Å². The number of rotatable bonds is 3. The maximum absolute atomic E-state index is 5.75. The van der Waals surface area contributed by atoms with Gasteiger partial charge < -0.3 is 5.73 Å². The summed E-state index contributed by atoms with van der Waals surface area (Å²) in [5, 5.41) is 5.46. The van der Waals surface area contributed by atoms with Crippen molar-refractivity contribution in [3.8, 4) is 5.82 Å². The summed E-state index contributed by atoms with van der Waals surface area (Å²) in [7, 11) is 0. The average Bonchev–Trinajstić information content (AvgIpc) is 2.85. The highest BCUT2D eigenvalue weighted by molar-refractivity contribution is 6.28. The van der Waals surface area contributed by atoms with Crippen molar-refractivity contribution in [1.82, 2.24) is 14.8 Å². The van der Waals surface area contributed by atoms with E-state index >= 15 is 0 Å². The Kier molecular flexibility index (Phi) is 3.81. The predicted molar refractivity (Wildman–Crippen MR) is 90.3 cm³/mol. The predicted octanol–water partition coefficient (Wildman–Crippen LogP) is 3.26. The van der Waals surface area contributed by atoms with Crippen LogP contribution in [0.1, 0.15) is 11.4 Å². The van der Waals surface area contributed by atoms with Crippen LogP contribution in [0.25, 0.3) is 16.7 Å². The van der Waals surface area contributed by atoms with Crippen LogP contribution in [0.15, 0.2) is 41.4 Å². The molecule has 0 fully saturated rings. The first kappa shape index (κ1) is 14.5. The normalized spacial score (nSPS) is 12.0. The van der Waals surface area contributed by atoms with E-state index in [1.54, 1.807) is 0 Å². The molecule has 2 heterocycles. The summed E-state index contributed by atoms with van der Waals surface area (Å²) in [6.45, 7) is 3.96. The van der Waals surface area contributed by atoms with Gasteiger partial charge in [-0.25, -0.2) is 14.7 Å². The minimum atomic E-state index is 0.188. The van der Waals surface area contributed by atoms with E-state index in [1.807, 2.05) is 54.9 Å². The molecule has 0 radical (unpaired) electrons. The van der Waals surface area contributed by atoms with Gasteiger partial charge in [0.1, 0.15) is 5.84 Å². The SMILES string of the molecule is Cc1cc(C)n(-c2ccc3cccc(N=C(N)CCl)c3n2)n1. The van der Waals surface area contributed by atoms with Crippen molar-refractivity contribution in [3.05, 3.63) is 47.8 Å². The van der Waals surface area contributed by atoms with Gasteiger partial charge >= 0.3 is 0 Å². The number of nitrogens with two attached hydrogens (primary N) is 1. The fourth-order valence-electron chi connectivity index (χ4n) is 2.37. The van der Waals surface area contributed by atoms with Crippen LogP contribution in [0, 0.1) is 13.8 Å². The number of nitrogens with zero attached hydrogens (tertiary/aromatic N) is 4. The third-order valence-corrected chi connectivity index (χ3v) is 3.59. The van der Waals surface area contributed by atoms with E-state index in [2.05, 4.69) is 10.1 Å². The van der Waals surface area contributed by atoms with E-state index < -0.39 is 0 Å². The molecule has 0 unspecified atom stereocenters. The molecule has 0 aliphatic rings. The first-order valence-electron chi connectivity index (χ1n) is 6.91. The molecule has 0 saturated heterocycles. The van der Waals surface area contributed by atoms with E-state index in [0.29, 0.717) is 11.5 Å². The summed E-state index contributed by atoms with van der Waals surface area (Å²) in [5.74, 6) is 1.31. The van der Waals surface area contributed by atoms with Crippen LogP contribution in [0.2, 0.25) is 0 Å². The fourth-order valence-corrected chi connectivity index (χ4v) is 2.43. The minimum absolute atomic E-state index is 0.188. The zero-order chi connectivity index (χ0) is 15.7. The van der Waals surface area contributed by atoms with Gasteiger partial charge in [0, 0.05) is 11.1 Å². The summed E-state index contributed by atoms with van der Waals surface area (Å²) >= 11 is 5.71. The Morgan fingerprint density at radius 2 is 2.09 bits per heavy atom. The molecule has 3 aromatic rings. The Labute approximate surface area is 133 Å². The lowest BCUT2D eigenvalue weighted by Crippen LogP contribution is -2.12. The van der Waals surface area contributed by atoms with Crippen LogP contribution in [0.5, 0.6) is 0 Å². The number of pyridine rings is 1. The van der Waals surface area contributed by atoms with Crippen LogP contribution in [-0.2, 0) is 0 Å². The van der Waals surface area contributed by atoms with Gasteiger partial charge in [0.05, 0.1) is 22.8 Å². The molecule has 5 nitrogen and oxygen atoms in total. The van der Waals surface area contributed by atoms with Crippen molar-refractivity contribution in [1.29, 1.82) is 0 Å². The number of para-hydroxylation sites is 1. The first-order valence-corrected chi connectivity index (χ1v) is 7.44. The van der Waals surface area contributed by atoms with Crippen molar-refractivity contribution in [3.63, 3.8) is 0 Å². The topological polar surface area (TPSA) is 69.1 Å². The number of fused-ring (bicyclic) bond motifs is 1. The molecule has 0 spiro atoms. The van der Waals surface area contributed by atoms with Crippen molar-refractivity contribution < 1.29 is 0 Å². The lowest BCUT2D eigenvalue weighted by Gasteiger charge is -2.07. The first-order chi connectivity index (χ1) is 10.6. The van der Waals surface area contributed by atoms with Gasteiger partial charge in [-0.3, -0.25) is 0 Å². The number of hydrogen-bond acceptors (Lipinski definition) is 3. The van der Waals surface area contributed by atoms with Gasteiger partial charge in [0.15, 0.2) is 5.82 Å². The lowest BCUT2D eigenvalue weighted by molar-refractivity contribution is 0.810. The highest BCUT2D eigenvalue weighted by atomic mass is 35.5. The van der Waals surface area contributed by atoms with Crippen LogP contribution in [0.3, 0.4) is 0 Å². The highest BCUT2D eigenvalue weighted by Gasteiger charge is 2.08. The molecule has 1 aromatic carbocycles. The minimum Gasteiger partial charge on any atom is -0.386 e. The Hall–Kier alpha value is -2.40. The van der Waals surface area contributed by atoms with E-state index in [4.69, 9.17) is 22.3 Å². The molecular formula is C16H16ClN5. The Morgan fingerprint density at radius 3 is 2.77 bits per heavy atom. The second-order valence-corrected chi connectivity index (χ2v) is 5.36. The standard InChI is InChI=1S/C16H16ClN5/c1-10-8-11(2)22(21-10)15-7-6-12-4-3-5-13(16(12)20-15)19-14(18)9-17/h3-8H,9H2,1-2H3,(H2,18,19). The third kappa shape index (κ3) is 2.67. The summed E-state index contributed by atoms with van der Waals surface area (Å²) in [5.41, 5.74) is 9.22. The quantitative estimate of drug-likeness (QED) is 0.458. The second kappa shape index (κ2) is 5.77. The smallest absolute Gasteiger partial charge is 0.154 e. The van der Waals surface area contributed by atoms with Crippen LogP contribution >= 0.6 is 11.6 Å². The Bertz CT molecular complexity index is 866. The number of halogens is 1. The average molecular weight is 314 g/mol. The zero-order valence-electron chi connectivity index (χ0n) is 12.4. The summed E-state index contributed by atoms with van der Waals surface area (Å²) in [6, 6.07) is 11.8. The number of amidine groups is 1. The molecular weight excluding hydrogens is 298 g/mol. The number of benzene rings is 1. The number of aromatic nitrogens is 3. The molecule has 2 N–H and O–H groups in total.